The van der Waals surface area contributed by atoms with E-state index < -0.39 is 0 Å². The monoisotopic (exact) mass is 280 g/mol. The third kappa shape index (κ3) is 3.56. The first-order valence-electron chi connectivity index (χ1n) is 6.13. The molecule has 0 bridgehead atoms. The summed E-state index contributed by atoms with van der Waals surface area (Å²) in [7, 11) is 1.68. The largest absolute Gasteiger partial charge is 0.383 e. The summed E-state index contributed by atoms with van der Waals surface area (Å²) < 4.78 is 10.4. The summed E-state index contributed by atoms with van der Waals surface area (Å²) in [6.07, 6.45) is 0. The maximum Gasteiger partial charge on any atom is 0.170 e. The van der Waals surface area contributed by atoms with Gasteiger partial charge in [0.2, 0.25) is 0 Å². The van der Waals surface area contributed by atoms with Crippen LogP contribution < -0.4 is 5.32 Å². The average Bonchev–Trinajstić information content (AvgIpc) is 2.76. The number of benzene rings is 1. The second kappa shape index (κ2) is 6.70. The summed E-state index contributed by atoms with van der Waals surface area (Å²) >= 11 is 5.98. The van der Waals surface area contributed by atoms with Crippen LogP contribution in [0.5, 0.6) is 0 Å². The van der Waals surface area contributed by atoms with Gasteiger partial charge in [0, 0.05) is 36.3 Å². The number of rotatable bonds is 6. The first kappa shape index (κ1) is 14.1. The molecule has 0 unspecified atom stereocenters. The Bertz CT molecular complexity index is 540. The van der Waals surface area contributed by atoms with Gasteiger partial charge in [-0.05, 0) is 19.1 Å². The van der Waals surface area contributed by atoms with E-state index in [1.165, 1.54) is 0 Å². The molecular formula is C14H17ClN2O2. The Morgan fingerprint density at radius 1 is 1.42 bits per heavy atom. The fourth-order valence-corrected chi connectivity index (χ4v) is 2.00. The molecule has 0 aliphatic heterocycles. The summed E-state index contributed by atoms with van der Waals surface area (Å²) in [6.45, 7) is 4.13. The predicted octanol–water partition coefficient (Wildman–Crippen LogP) is 3.04. The van der Waals surface area contributed by atoms with Gasteiger partial charge >= 0.3 is 0 Å². The van der Waals surface area contributed by atoms with E-state index in [-0.39, 0.29) is 0 Å². The molecule has 0 atom stereocenters. The number of nitrogens with one attached hydrogen (secondary N) is 1. The zero-order valence-electron chi connectivity index (χ0n) is 11.1. The highest BCUT2D eigenvalue weighted by molar-refractivity contribution is 6.30. The average molecular weight is 281 g/mol. The number of aromatic nitrogens is 1. The topological polar surface area (TPSA) is 47.3 Å². The van der Waals surface area contributed by atoms with E-state index in [0.717, 1.165) is 29.1 Å². The highest BCUT2D eigenvalue weighted by Gasteiger charge is 2.13. The van der Waals surface area contributed by atoms with Gasteiger partial charge in [-0.25, -0.2) is 0 Å². The molecule has 0 aliphatic rings. The Kier molecular flexibility index (Phi) is 4.96. The van der Waals surface area contributed by atoms with Crippen LogP contribution in [0.3, 0.4) is 0 Å². The van der Waals surface area contributed by atoms with Gasteiger partial charge in [-0.15, -0.1) is 0 Å². The van der Waals surface area contributed by atoms with Crippen LogP contribution in [-0.4, -0.2) is 25.4 Å². The van der Waals surface area contributed by atoms with Crippen LogP contribution in [-0.2, 0) is 11.3 Å². The molecule has 102 valence electrons. The van der Waals surface area contributed by atoms with Crippen molar-refractivity contribution in [3.8, 4) is 11.3 Å². The van der Waals surface area contributed by atoms with Gasteiger partial charge in [0.25, 0.3) is 0 Å². The second-order valence-corrected chi connectivity index (χ2v) is 4.70. The molecule has 1 aromatic carbocycles. The normalized spacial score (nSPS) is 10.9. The molecule has 0 aliphatic carbocycles. The van der Waals surface area contributed by atoms with Gasteiger partial charge in [0.05, 0.1) is 6.61 Å². The second-order valence-electron chi connectivity index (χ2n) is 4.26. The van der Waals surface area contributed by atoms with Crippen molar-refractivity contribution in [3.05, 3.63) is 40.5 Å². The van der Waals surface area contributed by atoms with Gasteiger partial charge in [0.1, 0.15) is 5.69 Å². The van der Waals surface area contributed by atoms with E-state index in [0.29, 0.717) is 18.2 Å². The minimum atomic E-state index is 0.666. The summed E-state index contributed by atoms with van der Waals surface area (Å²) in [6, 6.07) is 7.57. The van der Waals surface area contributed by atoms with E-state index >= 15 is 0 Å². The molecule has 4 nitrogen and oxygen atoms in total. The zero-order valence-corrected chi connectivity index (χ0v) is 11.8. The summed E-state index contributed by atoms with van der Waals surface area (Å²) in [4.78, 5) is 0. The van der Waals surface area contributed by atoms with E-state index in [4.69, 9.17) is 20.9 Å². The Hall–Kier alpha value is -1.36. The predicted molar refractivity (Wildman–Crippen MR) is 75.3 cm³/mol. The SMILES string of the molecule is COCCNCc1noc(-c2cccc(Cl)c2)c1C. The summed E-state index contributed by atoms with van der Waals surface area (Å²) in [5, 5.41) is 8.03. The smallest absolute Gasteiger partial charge is 0.170 e. The van der Waals surface area contributed by atoms with Crippen LogP contribution in [0.25, 0.3) is 11.3 Å². The summed E-state index contributed by atoms with van der Waals surface area (Å²) in [5.41, 5.74) is 2.89. The van der Waals surface area contributed by atoms with Crippen LogP contribution in [0.2, 0.25) is 5.02 Å². The fourth-order valence-electron chi connectivity index (χ4n) is 1.81. The van der Waals surface area contributed by atoms with Crippen molar-refractivity contribution < 1.29 is 9.26 Å². The van der Waals surface area contributed by atoms with Crippen molar-refractivity contribution in [1.29, 1.82) is 0 Å². The van der Waals surface area contributed by atoms with Gasteiger partial charge in [-0.3, -0.25) is 0 Å². The Morgan fingerprint density at radius 3 is 3.00 bits per heavy atom. The molecule has 2 aromatic rings. The fraction of sp³-hybridized carbons (Fsp3) is 0.357. The van der Waals surface area contributed by atoms with Crippen LogP contribution in [0.1, 0.15) is 11.3 Å². The van der Waals surface area contributed by atoms with Crippen molar-refractivity contribution in [2.75, 3.05) is 20.3 Å². The van der Waals surface area contributed by atoms with Crippen LogP contribution in [0, 0.1) is 6.92 Å². The maximum atomic E-state index is 5.98. The standard InChI is InChI=1S/C14H17ClN2O2/c1-10-13(9-16-6-7-18-2)17-19-14(10)11-4-3-5-12(15)8-11/h3-5,8,16H,6-7,9H2,1-2H3. The molecule has 0 saturated heterocycles. The van der Waals surface area contributed by atoms with E-state index in [9.17, 15) is 0 Å². The number of ether oxygens (including phenoxy) is 1. The quantitative estimate of drug-likeness (QED) is 0.826. The molecule has 5 heteroatoms. The molecule has 0 saturated carbocycles. The lowest BCUT2D eigenvalue weighted by atomic mass is 10.1. The number of methoxy groups -OCH3 is 1. The van der Waals surface area contributed by atoms with Gasteiger partial charge in [-0.1, -0.05) is 28.9 Å². The molecular weight excluding hydrogens is 264 g/mol. The molecule has 0 amide bonds. The van der Waals surface area contributed by atoms with E-state index in [1.807, 2.05) is 31.2 Å². The molecule has 19 heavy (non-hydrogen) atoms. The van der Waals surface area contributed by atoms with Crippen molar-refractivity contribution in [2.45, 2.75) is 13.5 Å². The minimum Gasteiger partial charge on any atom is -0.383 e. The Labute approximate surface area is 117 Å². The van der Waals surface area contributed by atoms with E-state index in [2.05, 4.69) is 10.5 Å². The number of hydrogen-bond donors (Lipinski definition) is 1. The van der Waals surface area contributed by atoms with E-state index in [1.54, 1.807) is 7.11 Å². The number of nitrogens with zero attached hydrogens (tertiary/aromatic N) is 1. The minimum absolute atomic E-state index is 0.666. The first-order chi connectivity index (χ1) is 9.22. The van der Waals surface area contributed by atoms with Crippen LogP contribution in [0.4, 0.5) is 0 Å². The van der Waals surface area contributed by atoms with Crippen LogP contribution >= 0.6 is 11.6 Å². The molecule has 0 radical (unpaired) electrons. The van der Waals surface area contributed by atoms with Crippen molar-refractivity contribution in [1.82, 2.24) is 10.5 Å². The van der Waals surface area contributed by atoms with Gasteiger partial charge < -0.3 is 14.6 Å². The maximum absolute atomic E-state index is 5.98. The van der Waals surface area contributed by atoms with Crippen molar-refractivity contribution in [2.24, 2.45) is 0 Å². The van der Waals surface area contributed by atoms with Gasteiger partial charge in [-0.2, -0.15) is 0 Å². The van der Waals surface area contributed by atoms with Crippen molar-refractivity contribution >= 4 is 11.6 Å². The Morgan fingerprint density at radius 2 is 2.26 bits per heavy atom. The molecule has 1 aromatic heterocycles. The molecule has 1 N–H and O–H groups in total. The third-order valence-corrected chi connectivity index (χ3v) is 3.12. The van der Waals surface area contributed by atoms with Crippen molar-refractivity contribution in [3.63, 3.8) is 0 Å². The molecule has 0 fully saturated rings. The molecule has 0 spiro atoms. The lowest BCUT2D eigenvalue weighted by molar-refractivity contribution is 0.199. The zero-order chi connectivity index (χ0) is 13.7. The van der Waals surface area contributed by atoms with Crippen LogP contribution in [0.15, 0.2) is 28.8 Å². The molecule has 2 rings (SSSR count). The Balaban J connectivity index is 2.10. The lowest BCUT2D eigenvalue weighted by Crippen LogP contribution is -2.19. The highest BCUT2D eigenvalue weighted by atomic mass is 35.5. The first-order valence-corrected chi connectivity index (χ1v) is 6.51. The lowest BCUT2D eigenvalue weighted by Gasteiger charge is -2.02. The number of halogens is 1. The molecule has 1 heterocycles. The number of hydrogen-bond acceptors (Lipinski definition) is 4. The highest BCUT2D eigenvalue weighted by Crippen LogP contribution is 2.27. The van der Waals surface area contributed by atoms with Gasteiger partial charge in [0.15, 0.2) is 5.76 Å². The third-order valence-electron chi connectivity index (χ3n) is 2.88. The summed E-state index contributed by atoms with van der Waals surface area (Å²) in [5.74, 6) is 0.769.